The zero-order chi connectivity index (χ0) is 36.2. The van der Waals surface area contributed by atoms with Gasteiger partial charge in [-0.05, 0) is 79.2 Å². The van der Waals surface area contributed by atoms with E-state index in [4.69, 9.17) is 9.47 Å². The lowest BCUT2D eigenvalue weighted by Gasteiger charge is -2.41. The number of aliphatic hydroxyl groups excluding tert-OH is 4. The molecule has 5 N–H and O–H groups in total. The van der Waals surface area contributed by atoms with Crippen LogP contribution in [0.3, 0.4) is 0 Å². The predicted molar refractivity (Wildman–Crippen MR) is 196 cm³/mol. The Balaban J connectivity index is 1.93. The van der Waals surface area contributed by atoms with Crippen LogP contribution < -0.4 is 0 Å². The molecule has 7 heteroatoms. The molecule has 1 fully saturated rings. The minimum absolute atomic E-state index is 0.0233. The van der Waals surface area contributed by atoms with Gasteiger partial charge in [0.05, 0.1) is 17.8 Å². The minimum atomic E-state index is -1.45. The van der Waals surface area contributed by atoms with E-state index in [2.05, 4.69) is 71.1 Å². The van der Waals surface area contributed by atoms with Gasteiger partial charge in [0, 0.05) is 0 Å². The van der Waals surface area contributed by atoms with Gasteiger partial charge in [-0.3, -0.25) is 0 Å². The number of allylic oxidation sites excluding steroid dienone is 18. The van der Waals surface area contributed by atoms with E-state index >= 15 is 0 Å². The fourth-order valence-electron chi connectivity index (χ4n) is 5.69. The maximum Gasteiger partial charge on any atom is 0.187 e. The van der Waals surface area contributed by atoms with Crippen molar-refractivity contribution in [2.45, 2.75) is 131 Å². The summed E-state index contributed by atoms with van der Waals surface area (Å²) in [6.45, 7) is 19.4. The van der Waals surface area contributed by atoms with Crippen molar-refractivity contribution in [3.8, 4) is 0 Å². The first-order valence-corrected chi connectivity index (χ1v) is 16.9. The Morgan fingerprint density at radius 1 is 0.792 bits per heavy atom. The van der Waals surface area contributed by atoms with Crippen LogP contribution >= 0.6 is 0 Å². The lowest BCUT2D eigenvalue weighted by Crippen LogP contribution is -2.58. The molecule has 0 bridgehead atoms. The lowest BCUT2D eigenvalue weighted by atomic mass is 9.71. The van der Waals surface area contributed by atoms with Gasteiger partial charge in [-0.1, -0.05) is 127 Å². The molecule has 7 atom stereocenters. The maximum atomic E-state index is 10.6. The van der Waals surface area contributed by atoms with Crippen molar-refractivity contribution in [3.63, 3.8) is 0 Å². The zero-order valence-electron chi connectivity index (χ0n) is 30.6. The second kappa shape index (κ2) is 18.8. The van der Waals surface area contributed by atoms with Crippen molar-refractivity contribution in [3.05, 3.63) is 119 Å². The molecule has 0 aromatic rings. The first-order valence-electron chi connectivity index (χ1n) is 16.9. The van der Waals surface area contributed by atoms with Gasteiger partial charge in [-0.25, -0.2) is 0 Å². The number of hydrogen-bond acceptors (Lipinski definition) is 7. The SMILES string of the molecule is CC1=C(/C=C/C(C)=C\C=C/C(C)=C/C=C/C=C(C)/C=C\C=C(C)/C=C/[C@H](O[C@@H]2O[C@@H](C)[C@H](O)[C@@H](O)[C@H]2O)C(C)(C)O)C(C)(C)C[C@H](O)C1. The summed E-state index contributed by atoms with van der Waals surface area (Å²) >= 11 is 0. The Labute approximate surface area is 289 Å². The first kappa shape index (κ1) is 41.3. The van der Waals surface area contributed by atoms with Crippen molar-refractivity contribution in [2.24, 2.45) is 5.41 Å². The summed E-state index contributed by atoms with van der Waals surface area (Å²) in [4.78, 5) is 0. The zero-order valence-corrected chi connectivity index (χ0v) is 30.6. The van der Waals surface area contributed by atoms with Crippen LogP contribution in [-0.2, 0) is 9.47 Å². The van der Waals surface area contributed by atoms with Gasteiger partial charge in [-0.15, -0.1) is 0 Å². The largest absolute Gasteiger partial charge is 0.393 e. The fourth-order valence-corrected chi connectivity index (χ4v) is 5.69. The Morgan fingerprint density at radius 2 is 1.29 bits per heavy atom. The normalized spacial score (nSPS) is 29.5. The van der Waals surface area contributed by atoms with Crippen molar-refractivity contribution in [1.29, 1.82) is 0 Å². The molecule has 0 saturated carbocycles. The molecular weight excluding hydrogens is 604 g/mol. The number of aliphatic hydroxyl groups is 5. The third-order valence-corrected chi connectivity index (χ3v) is 8.57. The van der Waals surface area contributed by atoms with E-state index in [0.29, 0.717) is 0 Å². The Bertz CT molecular complexity index is 1370. The van der Waals surface area contributed by atoms with Crippen molar-refractivity contribution < 1.29 is 35.0 Å². The molecule has 0 radical (unpaired) electrons. The summed E-state index contributed by atoms with van der Waals surface area (Å²) in [7, 11) is 0. The molecular formula is C41H60O7. The third-order valence-electron chi connectivity index (χ3n) is 8.57. The van der Waals surface area contributed by atoms with Crippen molar-refractivity contribution in [2.75, 3.05) is 0 Å². The summed E-state index contributed by atoms with van der Waals surface area (Å²) in [6, 6.07) is 0. The van der Waals surface area contributed by atoms with Gasteiger partial charge in [0.1, 0.15) is 24.4 Å². The fraction of sp³-hybridized carbons (Fsp3) is 0.512. The minimum Gasteiger partial charge on any atom is -0.393 e. The van der Waals surface area contributed by atoms with E-state index in [-0.39, 0.29) is 11.5 Å². The second-order valence-corrected chi connectivity index (χ2v) is 14.5. The highest BCUT2D eigenvalue weighted by Crippen LogP contribution is 2.41. The third kappa shape index (κ3) is 13.6. The highest BCUT2D eigenvalue weighted by Gasteiger charge is 2.44. The van der Waals surface area contributed by atoms with Gasteiger partial charge in [0.15, 0.2) is 6.29 Å². The molecule has 1 aliphatic heterocycles. The summed E-state index contributed by atoms with van der Waals surface area (Å²) < 4.78 is 11.4. The number of ether oxygens (including phenoxy) is 2. The van der Waals surface area contributed by atoms with E-state index in [1.807, 2.05) is 56.4 Å². The molecule has 0 amide bonds. The maximum absolute atomic E-state index is 10.6. The number of rotatable bonds is 13. The molecule has 48 heavy (non-hydrogen) atoms. The molecule has 0 unspecified atom stereocenters. The Kier molecular flexibility index (Phi) is 16.1. The Morgan fingerprint density at radius 3 is 1.81 bits per heavy atom. The first-order chi connectivity index (χ1) is 22.3. The van der Waals surface area contributed by atoms with Crippen LogP contribution in [-0.4, -0.2) is 74.0 Å². The molecule has 1 saturated heterocycles. The molecule has 1 aliphatic carbocycles. The van der Waals surface area contributed by atoms with E-state index < -0.39 is 42.4 Å². The topological polar surface area (TPSA) is 120 Å². The average molecular weight is 665 g/mol. The summed E-state index contributed by atoms with van der Waals surface area (Å²) in [6.07, 6.45) is 22.5. The van der Waals surface area contributed by atoms with Gasteiger partial charge in [0.25, 0.3) is 0 Å². The van der Waals surface area contributed by atoms with Gasteiger partial charge >= 0.3 is 0 Å². The molecule has 1 heterocycles. The van der Waals surface area contributed by atoms with E-state index in [1.54, 1.807) is 26.8 Å². The molecule has 0 aromatic carbocycles. The highest BCUT2D eigenvalue weighted by molar-refractivity contribution is 5.38. The van der Waals surface area contributed by atoms with E-state index in [0.717, 1.165) is 35.1 Å². The van der Waals surface area contributed by atoms with Gasteiger partial charge in [0.2, 0.25) is 0 Å². The molecule has 7 nitrogen and oxygen atoms in total. The molecule has 266 valence electrons. The molecule has 0 spiro atoms. The van der Waals surface area contributed by atoms with Crippen LogP contribution in [0.4, 0.5) is 0 Å². The van der Waals surface area contributed by atoms with Crippen LogP contribution in [0, 0.1) is 5.41 Å². The van der Waals surface area contributed by atoms with Crippen LogP contribution in [0.25, 0.3) is 0 Å². The van der Waals surface area contributed by atoms with Gasteiger partial charge < -0.3 is 35.0 Å². The second-order valence-electron chi connectivity index (χ2n) is 14.5. The summed E-state index contributed by atoms with van der Waals surface area (Å²) in [5.74, 6) is 0. The van der Waals surface area contributed by atoms with Gasteiger partial charge in [-0.2, -0.15) is 0 Å². The lowest BCUT2D eigenvalue weighted by molar-refractivity contribution is -0.309. The quantitative estimate of drug-likeness (QED) is 0.134. The van der Waals surface area contributed by atoms with Crippen LogP contribution in [0.1, 0.15) is 82.1 Å². The molecule has 0 aromatic heterocycles. The average Bonchev–Trinajstić information content (AvgIpc) is 2.97. The monoisotopic (exact) mass is 664 g/mol. The summed E-state index contributed by atoms with van der Waals surface area (Å²) in [5, 5.41) is 51.1. The Hall–Kier alpha value is -2.88. The predicted octanol–water partition coefficient (Wildman–Crippen LogP) is 7.03. The van der Waals surface area contributed by atoms with Crippen molar-refractivity contribution >= 4 is 0 Å². The smallest absolute Gasteiger partial charge is 0.187 e. The summed E-state index contributed by atoms with van der Waals surface area (Å²) in [5.41, 5.74) is 5.55. The van der Waals surface area contributed by atoms with E-state index in [9.17, 15) is 25.5 Å². The van der Waals surface area contributed by atoms with E-state index in [1.165, 1.54) is 11.1 Å². The standard InChI is InChI=1S/C41H60O7/c1-27(17-13-19-29(3)21-23-34-31(5)25-33(42)26-40(34,7)8)15-11-12-16-28(2)18-14-20-30(4)22-24-35(41(9,10)46)48-39-38(45)37(44)36(43)32(6)47-39/h11-24,32-33,35-39,42-46H,25-26H2,1-10H3/b12-11+,17-13-,18-14-,23-21+,24-22+,27-15+,28-16+,29-19-,30-20-/t32-,33+,35-,36-,37+,38+,39-/m0/s1. The highest BCUT2D eigenvalue weighted by atomic mass is 16.7. The van der Waals surface area contributed by atoms with Crippen molar-refractivity contribution in [1.82, 2.24) is 0 Å². The number of hydrogen-bond donors (Lipinski definition) is 5. The van der Waals surface area contributed by atoms with Crippen LogP contribution in [0.2, 0.25) is 0 Å². The molecule has 2 rings (SSSR count). The molecule has 2 aliphatic rings. The van der Waals surface area contributed by atoms with Crippen LogP contribution in [0.5, 0.6) is 0 Å². The van der Waals surface area contributed by atoms with Crippen LogP contribution in [0.15, 0.2) is 119 Å².